The molecule has 0 spiro atoms. The van der Waals surface area contributed by atoms with Gasteiger partial charge >= 0.3 is 5.97 Å². The van der Waals surface area contributed by atoms with Crippen LogP contribution in [0.15, 0.2) is 24.3 Å². The molecule has 2 aliphatic heterocycles. The van der Waals surface area contributed by atoms with Crippen LogP contribution in [-0.2, 0) is 9.59 Å². The van der Waals surface area contributed by atoms with Gasteiger partial charge in [0.1, 0.15) is 6.04 Å². The average molecular weight is 332 g/mol. The minimum absolute atomic E-state index is 0.0124. The lowest BCUT2D eigenvalue weighted by Crippen LogP contribution is -2.57. The number of carbonyl (C=O) groups is 2. The van der Waals surface area contributed by atoms with Crippen molar-refractivity contribution >= 4 is 11.9 Å². The highest BCUT2D eigenvalue weighted by atomic mass is 16.4. The number of hydrogen-bond donors (Lipinski definition) is 3. The highest BCUT2D eigenvalue weighted by Crippen LogP contribution is 2.27. The van der Waals surface area contributed by atoms with Crippen molar-refractivity contribution in [2.24, 2.45) is 5.92 Å². The van der Waals surface area contributed by atoms with E-state index in [-0.39, 0.29) is 24.4 Å². The zero-order valence-corrected chi connectivity index (χ0v) is 14.0. The topological polar surface area (TPSA) is 84.9 Å². The number of rotatable bonds is 3. The molecule has 0 radical (unpaired) electrons. The number of hydrazine groups is 1. The van der Waals surface area contributed by atoms with Crippen LogP contribution in [0.5, 0.6) is 0 Å². The van der Waals surface area contributed by atoms with Crippen LogP contribution in [0.4, 0.5) is 0 Å². The van der Waals surface area contributed by atoms with Crippen LogP contribution in [0.2, 0.25) is 0 Å². The Kier molecular flexibility index (Phi) is 4.84. The molecule has 0 aromatic heterocycles. The number of hydrogen-bond acceptors (Lipinski definition) is 5. The highest BCUT2D eigenvalue weighted by Gasteiger charge is 2.39. The quantitative estimate of drug-likeness (QED) is 0.722. The highest BCUT2D eigenvalue weighted by molar-refractivity contribution is 5.82. The van der Waals surface area contributed by atoms with Gasteiger partial charge in [0.25, 0.3) is 0 Å². The maximum absolute atomic E-state index is 13.0. The van der Waals surface area contributed by atoms with Crippen molar-refractivity contribution in [3.63, 3.8) is 0 Å². The molecule has 24 heavy (non-hydrogen) atoms. The van der Waals surface area contributed by atoms with Gasteiger partial charge in [0.05, 0.1) is 12.0 Å². The van der Waals surface area contributed by atoms with Crippen molar-refractivity contribution in [3.05, 3.63) is 35.4 Å². The first-order valence-corrected chi connectivity index (χ1v) is 8.24. The summed E-state index contributed by atoms with van der Waals surface area (Å²) in [6, 6.07) is 7.38. The molecule has 7 heteroatoms. The zero-order chi connectivity index (χ0) is 17.3. The second-order valence-electron chi connectivity index (χ2n) is 6.64. The van der Waals surface area contributed by atoms with Gasteiger partial charge in [-0.25, -0.2) is 5.43 Å². The molecule has 2 aliphatic rings. The molecule has 3 unspecified atom stereocenters. The number of likely N-dealkylation sites (N-methyl/N-ethyl adjacent to an activating group) is 1. The summed E-state index contributed by atoms with van der Waals surface area (Å²) in [4.78, 5) is 27.8. The van der Waals surface area contributed by atoms with Gasteiger partial charge in [-0.1, -0.05) is 29.8 Å². The SMILES string of the molecule is Cc1cccc(C2NNCC2C(=O)N2CCN(C)C(C(=O)O)C2)c1. The summed E-state index contributed by atoms with van der Waals surface area (Å²) in [5, 5.41) is 9.33. The molecule has 130 valence electrons. The third-order valence-corrected chi connectivity index (χ3v) is 4.95. The van der Waals surface area contributed by atoms with Gasteiger partial charge in [-0.05, 0) is 19.5 Å². The Morgan fingerprint density at radius 1 is 1.29 bits per heavy atom. The summed E-state index contributed by atoms with van der Waals surface area (Å²) in [7, 11) is 1.79. The number of aliphatic carboxylic acids is 1. The molecule has 7 nitrogen and oxygen atoms in total. The Bertz CT molecular complexity index is 636. The Labute approximate surface area is 141 Å². The second-order valence-corrected chi connectivity index (χ2v) is 6.64. The Balaban J connectivity index is 1.75. The molecule has 2 saturated heterocycles. The molecule has 0 saturated carbocycles. The fourth-order valence-corrected chi connectivity index (χ4v) is 3.48. The molecule has 2 fully saturated rings. The lowest BCUT2D eigenvalue weighted by molar-refractivity contribution is -0.148. The Hall–Kier alpha value is -1.96. The average Bonchev–Trinajstić information content (AvgIpc) is 3.04. The van der Waals surface area contributed by atoms with Gasteiger partial charge < -0.3 is 10.0 Å². The van der Waals surface area contributed by atoms with E-state index in [4.69, 9.17) is 0 Å². The van der Waals surface area contributed by atoms with E-state index in [0.717, 1.165) is 11.1 Å². The number of amides is 1. The lowest BCUT2D eigenvalue weighted by Gasteiger charge is -2.38. The van der Waals surface area contributed by atoms with Crippen molar-refractivity contribution in [1.82, 2.24) is 20.7 Å². The Morgan fingerprint density at radius 2 is 2.08 bits per heavy atom. The van der Waals surface area contributed by atoms with Crippen LogP contribution >= 0.6 is 0 Å². The maximum atomic E-state index is 13.0. The smallest absolute Gasteiger partial charge is 0.322 e. The van der Waals surface area contributed by atoms with E-state index in [1.54, 1.807) is 16.8 Å². The monoisotopic (exact) mass is 332 g/mol. The molecule has 3 N–H and O–H groups in total. The number of nitrogens with zero attached hydrogens (tertiary/aromatic N) is 2. The van der Waals surface area contributed by atoms with Gasteiger partial charge in [-0.3, -0.25) is 19.9 Å². The van der Waals surface area contributed by atoms with E-state index < -0.39 is 12.0 Å². The van der Waals surface area contributed by atoms with Crippen LogP contribution in [0.3, 0.4) is 0 Å². The van der Waals surface area contributed by atoms with E-state index >= 15 is 0 Å². The first kappa shape index (κ1) is 16.9. The third kappa shape index (κ3) is 3.28. The molecular formula is C17H24N4O3. The number of carboxylic acids is 1. The normalized spacial score (nSPS) is 28.1. The van der Waals surface area contributed by atoms with Crippen molar-refractivity contribution in [2.75, 3.05) is 33.2 Å². The summed E-state index contributed by atoms with van der Waals surface area (Å²) in [6.45, 7) is 3.95. The summed E-state index contributed by atoms with van der Waals surface area (Å²) in [5.41, 5.74) is 8.49. The summed E-state index contributed by atoms with van der Waals surface area (Å²) < 4.78 is 0. The molecule has 1 aromatic rings. The van der Waals surface area contributed by atoms with Crippen molar-refractivity contribution < 1.29 is 14.7 Å². The first-order chi connectivity index (χ1) is 11.5. The number of carbonyl (C=O) groups excluding carboxylic acids is 1. The van der Waals surface area contributed by atoms with Crippen molar-refractivity contribution in [2.45, 2.75) is 19.0 Å². The minimum atomic E-state index is -0.882. The zero-order valence-electron chi connectivity index (χ0n) is 14.0. The van der Waals surface area contributed by atoms with Crippen LogP contribution < -0.4 is 10.9 Å². The van der Waals surface area contributed by atoms with Gasteiger partial charge in [-0.15, -0.1) is 0 Å². The predicted octanol–water partition coefficient (Wildman–Crippen LogP) is -0.0127. The van der Waals surface area contributed by atoms with Crippen molar-refractivity contribution in [1.29, 1.82) is 0 Å². The number of nitrogens with one attached hydrogen (secondary N) is 2. The largest absolute Gasteiger partial charge is 0.480 e. The van der Waals surface area contributed by atoms with Gasteiger partial charge in [0.15, 0.2) is 0 Å². The number of benzene rings is 1. The summed E-state index contributed by atoms with van der Waals surface area (Å²) in [6.07, 6.45) is 0. The molecule has 1 aromatic carbocycles. The summed E-state index contributed by atoms with van der Waals surface area (Å²) >= 11 is 0. The van der Waals surface area contributed by atoms with E-state index in [1.165, 1.54) is 0 Å². The number of carboxylic acid groups (broad SMARTS) is 1. The van der Waals surface area contributed by atoms with E-state index in [1.807, 2.05) is 25.1 Å². The van der Waals surface area contributed by atoms with Gasteiger partial charge in [-0.2, -0.15) is 0 Å². The fourth-order valence-electron chi connectivity index (χ4n) is 3.48. The second kappa shape index (κ2) is 6.88. The number of aryl methyl sites for hydroxylation is 1. The Morgan fingerprint density at radius 3 is 2.79 bits per heavy atom. The maximum Gasteiger partial charge on any atom is 0.322 e. The van der Waals surface area contributed by atoms with Crippen LogP contribution in [0, 0.1) is 12.8 Å². The molecule has 3 atom stereocenters. The van der Waals surface area contributed by atoms with Crippen molar-refractivity contribution in [3.8, 4) is 0 Å². The van der Waals surface area contributed by atoms with Crippen LogP contribution in [-0.4, -0.2) is 66.1 Å². The van der Waals surface area contributed by atoms with E-state index in [0.29, 0.717) is 19.6 Å². The van der Waals surface area contributed by atoms with Gasteiger partial charge in [0, 0.05) is 26.2 Å². The fraction of sp³-hybridized carbons (Fsp3) is 0.529. The molecule has 1 amide bonds. The third-order valence-electron chi connectivity index (χ3n) is 4.95. The lowest BCUT2D eigenvalue weighted by atomic mass is 9.92. The van der Waals surface area contributed by atoms with Gasteiger partial charge in [0.2, 0.25) is 5.91 Å². The van der Waals surface area contributed by atoms with Crippen LogP contribution in [0.1, 0.15) is 17.2 Å². The first-order valence-electron chi connectivity index (χ1n) is 8.24. The molecule has 2 heterocycles. The molecule has 3 rings (SSSR count). The molecule has 0 aliphatic carbocycles. The molecular weight excluding hydrogens is 308 g/mol. The van der Waals surface area contributed by atoms with Crippen LogP contribution in [0.25, 0.3) is 0 Å². The molecule has 0 bridgehead atoms. The summed E-state index contributed by atoms with van der Waals surface area (Å²) in [5.74, 6) is -1.10. The predicted molar refractivity (Wildman–Crippen MR) is 89.2 cm³/mol. The van der Waals surface area contributed by atoms with E-state index in [2.05, 4.69) is 16.9 Å². The van der Waals surface area contributed by atoms with E-state index in [9.17, 15) is 14.7 Å². The number of piperazine rings is 1. The minimum Gasteiger partial charge on any atom is -0.480 e. The standard InChI is InChI=1S/C17H24N4O3/c1-11-4-3-5-12(8-11)15-13(9-18-19-15)16(22)21-7-6-20(2)14(10-21)17(23)24/h3-5,8,13-15,18-19H,6-7,9-10H2,1-2H3,(H,23,24).